The summed E-state index contributed by atoms with van der Waals surface area (Å²) >= 11 is 12.5. The summed E-state index contributed by atoms with van der Waals surface area (Å²) in [4.78, 5) is 33.6. The maximum Gasteiger partial charge on any atom is 0.252 e. The van der Waals surface area contributed by atoms with Crippen LogP contribution in [0.15, 0.2) is 71.7 Å². The number of benzene rings is 3. The third kappa shape index (κ3) is 5.40. The fraction of sp³-hybridized carbons (Fsp3) is 0.250. The van der Waals surface area contributed by atoms with Crippen LogP contribution in [0.2, 0.25) is 10.0 Å². The molecule has 1 aliphatic rings. The van der Waals surface area contributed by atoms with E-state index >= 15 is 0 Å². The molecule has 0 aromatic heterocycles. The van der Waals surface area contributed by atoms with E-state index in [1.807, 2.05) is 44.2 Å². The van der Waals surface area contributed by atoms with Gasteiger partial charge in [0.1, 0.15) is 18.3 Å². The monoisotopic (exact) mass is 523 g/mol. The first-order valence-electron chi connectivity index (χ1n) is 11.7. The van der Waals surface area contributed by atoms with E-state index in [1.165, 1.54) is 12.0 Å². The summed E-state index contributed by atoms with van der Waals surface area (Å²) in [6.45, 7) is 3.80. The lowest BCUT2D eigenvalue weighted by Gasteiger charge is -2.27. The normalized spacial score (nSPS) is 16.0. The van der Waals surface area contributed by atoms with Crippen LogP contribution in [0.5, 0.6) is 5.75 Å². The first kappa shape index (κ1) is 25.7. The minimum Gasteiger partial charge on any atom is -0.495 e. The SMILES string of the molecule is CC[C@@H](C)[C@@H]1N=C(c2ccccc2)c2cc(Cl)ccc2N(CC(=O)Nc2cc(Cl)ccc2OC)C1=O. The van der Waals surface area contributed by atoms with E-state index in [0.29, 0.717) is 38.4 Å². The molecule has 1 heterocycles. The Morgan fingerprint density at radius 3 is 2.47 bits per heavy atom. The number of aliphatic imine (C=N–C) groups is 1. The molecular weight excluding hydrogens is 497 g/mol. The molecule has 2 amide bonds. The van der Waals surface area contributed by atoms with Crippen LogP contribution in [-0.2, 0) is 9.59 Å². The van der Waals surface area contributed by atoms with Crippen molar-refractivity contribution in [2.45, 2.75) is 26.3 Å². The molecule has 4 rings (SSSR count). The van der Waals surface area contributed by atoms with Gasteiger partial charge in [0.05, 0.1) is 24.2 Å². The number of nitrogens with zero attached hydrogens (tertiary/aromatic N) is 2. The highest BCUT2D eigenvalue weighted by molar-refractivity contribution is 6.32. The fourth-order valence-corrected chi connectivity index (χ4v) is 4.51. The number of carbonyl (C=O) groups is 2. The Hall–Kier alpha value is -3.35. The molecule has 3 aromatic rings. The van der Waals surface area contributed by atoms with E-state index in [2.05, 4.69) is 5.32 Å². The van der Waals surface area contributed by atoms with Crippen molar-refractivity contribution in [3.8, 4) is 5.75 Å². The van der Waals surface area contributed by atoms with Gasteiger partial charge < -0.3 is 15.0 Å². The minimum absolute atomic E-state index is 0.0421. The van der Waals surface area contributed by atoms with Gasteiger partial charge in [-0.3, -0.25) is 14.6 Å². The predicted molar refractivity (Wildman–Crippen MR) is 146 cm³/mol. The maximum atomic E-state index is 13.9. The average Bonchev–Trinajstić information content (AvgIpc) is 2.99. The molecule has 36 heavy (non-hydrogen) atoms. The van der Waals surface area contributed by atoms with Gasteiger partial charge in [0.2, 0.25) is 5.91 Å². The van der Waals surface area contributed by atoms with E-state index in [-0.39, 0.29) is 18.4 Å². The quantitative estimate of drug-likeness (QED) is 0.398. The standard InChI is InChI=1S/C28H27Cl2N3O3/c1-4-17(2)26-28(35)33(16-25(34)31-22-15-20(30)11-13-24(22)36-3)23-12-10-19(29)14-21(23)27(32-26)18-8-6-5-7-9-18/h5-15,17,26H,4,16H2,1-3H3,(H,31,34)/t17-,26+/m1/s1. The number of benzodiazepines with no additional fused rings is 1. The summed E-state index contributed by atoms with van der Waals surface area (Å²) in [7, 11) is 1.51. The zero-order valence-electron chi connectivity index (χ0n) is 20.3. The molecule has 0 saturated heterocycles. The lowest BCUT2D eigenvalue weighted by atomic mass is 9.98. The summed E-state index contributed by atoms with van der Waals surface area (Å²) in [5, 5.41) is 3.80. The molecule has 6 nitrogen and oxygen atoms in total. The molecule has 3 aromatic carbocycles. The molecule has 8 heteroatoms. The number of nitrogens with one attached hydrogen (secondary N) is 1. The smallest absolute Gasteiger partial charge is 0.252 e. The van der Waals surface area contributed by atoms with Gasteiger partial charge in [0.15, 0.2) is 0 Å². The van der Waals surface area contributed by atoms with Crippen molar-refractivity contribution in [2.24, 2.45) is 10.9 Å². The third-order valence-corrected chi connectivity index (χ3v) is 6.73. The molecule has 0 bridgehead atoms. The number of ether oxygens (including phenoxy) is 1. The number of methoxy groups -OCH3 is 1. The van der Waals surface area contributed by atoms with Crippen LogP contribution < -0.4 is 15.0 Å². The Balaban J connectivity index is 1.78. The Morgan fingerprint density at radius 1 is 1.08 bits per heavy atom. The van der Waals surface area contributed by atoms with Crippen LogP contribution in [0.25, 0.3) is 0 Å². The van der Waals surface area contributed by atoms with Gasteiger partial charge in [-0.2, -0.15) is 0 Å². The number of hydrogen-bond donors (Lipinski definition) is 1. The number of halogens is 2. The van der Waals surface area contributed by atoms with Crippen molar-refractivity contribution in [1.29, 1.82) is 0 Å². The molecule has 0 fully saturated rings. The largest absolute Gasteiger partial charge is 0.495 e. The highest BCUT2D eigenvalue weighted by atomic mass is 35.5. The molecule has 0 radical (unpaired) electrons. The summed E-state index contributed by atoms with van der Waals surface area (Å²) in [5.74, 6) is -0.211. The Labute approximate surface area is 220 Å². The second kappa shape index (κ2) is 11.1. The first-order chi connectivity index (χ1) is 17.3. The summed E-state index contributed by atoms with van der Waals surface area (Å²) in [5.41, 5.74) is 3.24. The number of rotatable bonds is 7. The molecule has 1 N–H and O–H groups in total. The third-order valence-electron chi connectivity index (χ3n) is 6.26. The second-order valence-electron chi connectivity index (χ2n) is 8.65. The van der Waals surface area contributed by atoms with Gasteiger partial charge in [-0.25, -0.2) is 0 Å². The first-order valence-corrected chi connectivity index (χ1v) is 12.5. The predicted octanol–water partition coefficient (Wildman–Crippen LogP) is 6.24. The van der Waals surface area contributed by atoms with Gasteiger partial charge in [0, 0.05) is 21.2 Å². The van der Waals surface area contributed by atoms with Gasteiger partial charge in [-0.15, -0.1) is 0 Å². The van der Waals surface area contributed by atoms with Crippen molar-refractivity contribution >= 4 is 52.1 Å². The molecule has 186 valence electrons. The van der Waals surface area contributed by atoms with Gasteiger partial charge >= 0.3 is 0 Å². The highest BCUT2D eigenvalue weighted by Gasteiger charge is 2.35. The van der Waals surface area contributed by atoms with E-state index in [9.17, 15) is 9.59 Å². The van der Waals surface area contributed by atoms with Crippen LogP contribution in [0, 0.1) is 5.92 Å². The zero-order valence-corrected chi connectivity index (χ0v) is 21.8. The fourth-order valence-electron chi connectivity index (χ4n) is 4.17. The number of anilines is 2. The van der Waals surface area contributed by atoms with Crippen molar-refractivity contribution in [2.75, 3.05) is 23.9 Å². The van der Waals surface area contributed by atoms with Crippen LogP contribution in [0.4, 0.5) is 11.4 Å². The Bertz CT molecular complexity index is 1310. The lowest BCUT2D eigenvalue weighted by Crippen LogP contribution is -2.44. The zero-order chi connectivity index (χ0) is 25.8. The van der Waals surface area contributed by atoms with Crippen molar-refractivity contribution < 1.29 is 14.3 Å². The Morgan fingerprint density at radius 2 is 1.78 bits per heavy atom. The molecule has 0 aliphatic carbocycles. The molecule has 0 saturated carbocycles. The van der Waals surface area contributed by atoms with Gasteiger partial charge in [0.25, 0.3) is 5.91 Å². The van der Waals surface area contributed by atoms with Crippen LogP contribution in [0.1, 0.15) is 31.4 Å². The summed E-state index contributed by atoms with van der Waals surface area (Å²) in [6, 6.07) is 19.2. The number of fused-ring (bicyclic) bond motifs is 1. The van der Waals surface area contributed by atoms with Gasteiger partial charge in [-0.05, 0) is 42.3 Å². The second-order valence-corrected chi connectivity index (χ2v) is 9.53. The molecule has 0 unspecified atom stereocenters. The molecule has 0 spiro atoms. The number of hydrogen-bond acceptors (Lipinski definition) is 4. The highest BCUT2D eigenvalue weighted by Crippen LogP contribution is 2.33. The minimum atomic E-state index is -0.662. The molecule has 2 atom stereocenters. The van der Waals surface area contributed by atoms with E-state index in [4.69, 9.17) is 32.9 Å². The Kier molecular flexibility index (Phi) is 7.97. The molecular formula is C28H27Cl2N3O3. The van der Waals surface area contributed by atoms with E-state index in [0.717, 1.165) is 12.0 Å². The maximum absolute atomic E-state index is 13.9. The summed E-state index contributed by atoms with van der Waals surface area (Å²) < 4.78 is 5.34. The number of carbonyl (C=O) groups excluding carboxylic acids is 2. The average molecular weight is 524 g/mol. The van der Waals surface area contributed by atoms with Crippen LogP contribution in [0.3, 0.4) is 0 Å². The topological polar surface area (TPSA) is 71.0 Å². The molecule has 1 aliphatic heterocycles. The van der Waals surface area contributed by atoms with Crippen molar-refractivity contribution in [3.05, 3.63) is 87.9 Å². The van der Waals surface area contributed by atoms with Crippen molar-refractivity contribution in [3.63, 3.8) is 0 Å². The van der Waals surface area contributed by atoms with Crippen LogP contribution >= 0.6 is 23.2 Å². The number of amides is 2. The van der Waals surface area contributed by atoms with Gasteiger partial charge in [-0.1, -0.05) is 73.8 Å². The van der Waals surface area contributed by atoms with E-state index in [1.54, 1.807) is 36.4 Å². The van der Waals surface area contributed by atoms with E-state index < -0.39 is 11.9 Å². The lowest BCUT2D eigenvalue weighted by molar-refractivity contribution is -0.123. The van der Waals surface area contributed by atoms with Crippen molar-refractivity contribution in [1.82, 2.24) is 0 Å². The summed E-state index contributed by atoms with van der Waals surface area (Å²) in [6.07, 6.45) is 0.749. The van der Waals surface area contributed by atoms with Crippen LogP contribution in [-0.4, -0.2) is 37.2 Å².